The highest BCUT2D eigenvalue weighted by molar-refractivity contribution is 6.31. The Morgan fingerprint density at radius 2 is 0.575 bits per heavy atom. The highest BCUT2D eigenvalue weighted by Gasteiger charge is 2.37. The molecule has 5 saturated heterocycles. The molecule has 0 amide bonds. The molecule has 0 radical (unpaired) electrons. The number of halogens is 5. The number of ether oxygens (including phenoxy) is 5. The van der Waals surface area contributed by atoms with Crippen LogP contribution < -0.4 is 0 Å². The van der Waals surface area contributed by atoms with Crippen LogP contribution in [0.4, 0.5) is 0 Å². The molecule has 10 atom stereocenters. The summed E-state index contributed by atoms with van der Waals surface area (Å²) in [7, 11) is 0. The summed E-state index contributed by atoms with van der Waals surface area (Å²) < 4.78 is 737. The zero-order valence-corrected chi connectivity index (χ0v) is 67.9. The van der Waals surface area contributed by atoms with E-state index in [0.29, 0.717) is 19.3 Å². The Hall–Kier alpha value is -6.75. The predicted octanol–water partition coefficient (Wildman–Crippen LogP) is 25.5. The number of hydrogen-bond donors (Lipinski definition) is 0. The summed E-state index contributed by atoms with van der Waals surface area (Å²) in [5.41, 5.74) is -20.4. The number of rotatable bonds is 30. The van der Waals surface area contributed by atoms with Crippen LogP contribution in [0, 0.1) is 0 Å². The van der Waals surface area contributed by atoms with E-state index in [1.165, 1.54) is 6.92 Å². The first kappa shape index (κ1) is 32.6. The average molecular weight is 1810 g/mol. The number of likely N-dealkylation sites (tertiary alicyclic amines) is 5. The molecule has 0 N–H and O–H groups in total. The zero-order chi connectivity index (χ0) is 160. The number of hydrogen-bond acceptors (Lipinski definition) is 10. The maximum atomic E-state index is 8.83. The largest absolute Gasteiger partial charge is 0.366 e. The summed E-state index contributed by atoms with van der Waals surface area (Å²) in [6, 6.07) is -48.9. The van der Waals surface area contributed by atoms with E-state index >= 15 is 0 Å². The second-order valence-corrected chi connectivity index (χ2v) is 28.1. The fraction of sp³-hybridized carbons (Fsp3) is 0.429. The molecule has 0 saturated carbocycles. The van der Waals surface area contributed by atoms with E-state index in [1.54, 1.807) is 0 Å². The van der Waals surface area contributed by atoms with Crippen LogP contribution in [-0.2, 0) is 51.7 Å². The Morgan fingerprint density at radius 1 is 0.317 bits per heavy atom. The average Bonchev–Trinajstić information content (AvgIpc) is 1.49. The van der Waals surface area contributed by atoms with E-state index in [-0.39, 0.29) is 38.9 Å². The predicted molar refractivity (Wildman–Crippen MR) is 503 cm³/mol. The standard InChI is InChI=1S/5C21H26ClNO/c5*1-21(17-7-4-3-5-8-17,18-10-12-19(22)13-11-18)24-16-14-20-9-6-15-23(20)2/h5*3-5,7-8,10-13,20H,6,9,14-16H2,1-2H3/t5*20-,21-/m11111/s1/i2D3,3D,4D,5D,6D2,7D,8D,9D2,10D,11D,12D,13D,15D2,16D2,20D;2D3,3D,4D,5D,6D2,7D,8D,9D2,10D,11D,12D,13D,14D2,15D2,20D;2D3,3D,4D,5D,7D,8D,10D,11D,12D,13D,14D2,16D2;2D3,3D,4D,5D,7D,8D,10D,11D,12D,13D,16D2;2D3,3D,4D,5D,7D,8D,10D,11D,12D,13D,14D2. The van der Waals surface area contributed by atoms with E-state index in [0.717, 1.165) is 42.4 Å². The highest BCUT2D eigenvalue weighted by Crippen LogP contribution is 2.41. The van der Waals surface area contributed by atoms with Crippen LogP contribution in [0.3, 0.4) is 0 Å². The molecule has 0 bridgehead atoms. The normalized spacial score (nSPS) is 36.2. The monoisotopic (exact) mass is 1800 g/mol. The van der Waals surface area contributed by atoms with Crippen molar-refractivity contribution in [3.63, 3.8) is 0 Å². The third kappa shape index (κ3) is 26.0. The van der Waals surface area contributed by atoms with Gasteiger partial charge in [0.25, 0.3) is 0 Å². The molecule has 10 nitrogen and oxygen atoms in total. The first-order chi connectivity index (χ1) is 92.4. The molecule has 5 aliphatic heterocycles. The van der Waals surface area contributed by atoms with Crippen LogP contribution in [0.1, 0.15) is 304 Å². The van der Waals surface area contributed by atoms with Crippen molar-refractivity contribution in [2.45, 2.75) is 189 Å². The summed E-state index contributed by atoms with van der Waals surface area (Å²) in [4.78, 5) is 1.99. The van der Waals surface area contributed by atoms with Crippen molar-refractivity contribution < 1.29 is 142 Å². The Labute approximate surface area is 865 Å². The molecule has 15 rings (SSSR count). The van der Waals surface area contributed by atoms with E-state index in [1.807, 2.05) is 0 Å². The molecule has 10 aromatic rings. The van der Waals surface area contributed by atoms with E-state index < -0.39 is 559 Å². The van der Waals surface area contributed by atoms with Gasteiger partial charge in [-0.1, -0.05) is 269 Å². The van der Waals surface area contributed by atoms with Crippen molar-refractivity contribution in [2.24, 2.45) is 0 Å². The lowest BCUT2D eigenvalue weighted by Gasteiger charge is -2.32. The Kier molecular flexibility index (Phi) is 12.6. The maximum absolute atomic E-state index is 8.83. The van der Waals surface area contributed by atoms with Gasteiger partial charge in [0.05, 0.1) is 69.9 Å². The van der Waals surface area contributed by atoms with Crippen molar-refractivity contribution in [3.05, 3.63) is 353 Å². The van der Waals surface area contributed by atoms with Crippen LogP contribution in [0.25, 0.3) is 0 Å². The SMILES string of the molecule is [2H]c1c([2H])c([2H])c([C@@](C)(OC([2H])([2H])C([2H])([2H])[C@H]2CCCN2C([2H])([2H])[2H])c2c([2H])c([2H])c(Cl)c([2H])c2[2H])c([2H])c1[2H].[2H]c1c([2H])c([2H])c([C@@](C)(OC([2H])([2H])C[C@H]2CCCN2C([2H])([2H])[2H])c2c([2H])c([2H])c(Cl)c([2H])c2[2H])c([2H])c1[2H].[2H]c1c([2H])c([2H])c([C@@](C)(OC([2H])([2H])C[C@]2([2H])N(C([2H])([2H])[2H])C([2H])([2H])C([2H])([2H])C2([2H])[2H])c2c([2H])c([2H])c(Cl)c([2H])c2[2H])c([2H])c1[2H].[2H]c1c([2H])c([2H])c([C@@](C)(OCC([2H])([2H])[C@H]2CCCN2C([2H])([2H])[2H])c2c([2H])c([2H])c(Cl)c([2H])c2[2H])c([2H])c1[2H].[2H]c1c([2H])c([2H])c([C@@](C)(OCC([2H])([2H])[C@]2([2H])N(C([2H])([2H])[2H])C([2H])([2H])C([2H])([2H])C2([2H])[2H])c2c([2H])c([2H])c(Cl)c([2H])c2[2H])c([2H])c1[2H]. The molecule has 0 aromatic heterocycles. The topological polar surface area (TPSA) is 62.4 Å². The zero-order valence-electron chi connectivity index (χ0n) is 150. The van der Waals surface area contributed by atoms with Gasteiger partial charge in [-0.15, -0.1) is 0 Å². The lowest BCUT2D eigenvalue weighted by molar-refractivity contribution is -0.0119. The summed E-state index contributed by atoms with van der Waals surface area (Å²) in [6.07, 6.45) is -25.1. The van der Waals surface area contributed by atoms with Crippen molar-refractivity contribution in [1.29, 1.82) is 0 Å². The van der Waals surface area contributed by atoms with Crippen LogP contribution >= 0.6 is 58.0 Å². The molecular formula is C105H130Cl5N5O5. The smallest absolute Gasteiger partial charge is 0.115 e. The second kappa shape index (κ2) is 46.3. The molecular weight excluding hydrogens is 1590 g/mol. The lowest BCUT2D eigenvalue weighted by Crippen LogP contribution is -2.31. The van der Waals surface area contributed by atoms with Crippen LogP contribution in [0.15, 0.2) is 272 Å². The van der Waals surface area contributed by atoms with Gasteiger partial charge in [-0.05, 0) is 314 Å². The number of benzene rings is 10. The van der Waals surface area contributed by atoms with Gasteiger partial charge < -0.3 is 48.2 Å². The van der Waals surface area contributed by atoms with Gasteiger partial charge >= 0.3 is 0 Å². The van der Waals surface area contributed by atoms with Crippen LogP contribution in [-0.4, -0.2) is 155 Å². The molecule has 0 spiro atoms. The Balaban J connectivity index is 0.000000236. The number of nitrogens with zero attached hydrogens (tertiary/aromatic N) is 5. The Bertz CT molecular complexity index is 8770. The van der Waals surface area contributed by atoms with Gasteiger partial charge in [0.15, 0.2) is 0 Å². The van der Waals surface area contributed by atoms with Gasteiger partial charge in [0.2, 0.25) is 0 Å². The van der Waals surface area contributed by atoms with Gasteiger partial charge in [-0.25, -0.2) is 0 Å². The van der Waals surface area contributed by atoms with Crippen molar-refractivity contribution in [3.8, 4) is 0 Å². The van der Waals surface area contributed by atoms with E-state index in [4.69, 9.17) is 200 Å². The quantitative estimate of drug-likeness (QED) is 0.0435. The summed E-state index contributed by atoms with van der Waals surface area (Å²) in [5, 5.41) is -2.98. The van der Waals surface area contributed by atoms with Gasteiger partial charge in [0, 0.05) is 136 Å². The van der Waals surface area contributed by atoms with Crippen LogP contribution in [0.5, 0.6) is 0 Å². The first-order valence-electron chi connectivity index (χ1n) is 78.9. The Morgan fingerprint density at radius 3 is 0.908 bits per heavy atom. The molecule has 10 aromatic carbocycles. The summed E-state index contributed by atoms with van der Waals surface area (Å²) in [6.45, 7) is -30.1. The molecule has 640 valence electrons. The molecule has 15 heteroatoms. The molecule has 5 aliphatic rings. The van der Waals surface area contributed by atoms with E-state index in [9.17, 15) is 0 Å². The van der Waals surface area contributed by atoms with Crippen LogP contribution in [0.2, 0.25) is 25.1 Å². The molecule has 5 fully saturated rings. The fourth-order valence-corrected chi connectivity index (χ4v) is 11.8. The minimum Gasteiger partial charge on any atom is -0.366 e. The van der Waals surface area contributed by atoms with Crippen molar-refractivity contribution in [1.82, 2.24) is 24.5 Å². The molecule has 0 unspecified atom stereocenters. The molecule has 0 aliphatic carbocycles. The molecule has 5 heterocycles. The van der Waals surface area contributed by atoms with Crippen molar-refractivity contribution in [2.75, 3.05) is 100 Å². The minimum absolute atomic E-state index is 0.0630. The molecule has 120 heavy (non-hydrogen) atoms. The second-order valence-electron chi connectivity index (χ2n) is 26.2. The minimum atomic E-state index is -3.95. The van der Waals surface area contributed by atoms with Gasteiger partial charge in [-0.3, -0.25) is 0 Å². The van der Waals surface area contributed by atoms with Gasteiger partial charge in [0.1, 0.15) is 28.0 Å². The first-order valence-corrected chi connectivity index (χ1v) is 37.8. The fourth-order valence-electron chi connectivity index (χ4n) is 11.3. The highest BCUT2D eigenvalue weighted by atomic mass is 35.5. The van der Waals surface area contributed by atoms with E-state index in [2.05, 4.69) is 0 Å². The third-order valence-corrected chi connectivity index (χ3v) is 19.2. The third-order valence-electron chi connectivity index (χ3n) is 18.2. The van der Waals surface area contributed by atoms with Gasteiger partial charge in [-0.2, -0.15) is 0 Å². The maximum Gasteiger partial charge on any atom is 0.115 e. The lowest BCUT2D eigenvalue weighted by atomic mass is 9.88. The summed E-state index contributed by atoms with van der Waals surface area (Å²) in [5.74, 6) is 0. The summed E-state index contributed by atoms with van der Waals surface area (Å²) >= 11 is 29.7. The van der Waals surface area contributed by atoms with Crippen molar-refractivity contribution >= 4 is 58.0 Å².